The van der Waals surface area contributed by atoms with E-state index in [2.05, 4.69) is 34.6 Å². The molecule has 0 saturated heterocycles. The molecule has 3 aromatic rings. The molecule has 0 atom stereocenters. The van der Waals surface area contributed by atoms with E-state index < -0.39 is 5.41 Å². The molecule has 158 valence electrons. The molecule has 0 aliphatic heterocycles. The predicted octanol–water partition coefficient (Wildman–Crippen LogP) is 5.49. The van der Waals surface area contributed by atoms with Crippen LogP contribution in [0.25, 0.3) is 5.69 Å². The number of carbonyl (C=O) groups excluding carboxylic acids is 1. The van der Waals surface area contributed by atoms with Gasteiger partial charge in [0.15, 0.2) is 11.0 Å². The van der Waals surface area contributed by atoms with E-state index in [1.165, 1.54) is 11.1 Å². The first-order chi connectivity index (χ1) is 14.2. The molecular formula is C23H27ClN4OS. The van der Waals surface area contributed by atoms with Crippen LogP contribution in [-0.4, -0.2) is 20.7 Å². The molecule has 7 heteroatoms. The van der Waals surface area contributed by atoms with Crippen LogP contribution in [0.15, 0.2) is 47.6 Å². The molecule has 0 fully saturated rings. The zero-order chi connectivity index (χ0) is 21.9. The zero-order valence-electron chi connectivity index (χ0n) is 18.0. The SMILES string of the molecule is Cc1ccccc1CSc1nnc(CNC(=O)C(C)(C)C)n1-c1cc(Cl)ccc1C. The minimum Gasteiger partial charge on any atom is -0.348 e. The van der Waals surface area contributed by atoms with Crippen molar-refractivity contribution in [2.45, 2.75) is 52.1 Å². The molecule has 0 unspecified atom stereocenters. The molecule has 1 N–H and O–H groups in total. The topological polar surface area (TPSA) is 59.8 Å². The summed E-state index contributed by atoms with van der Waals surface area (Å²) in [6, 6.07) is 14.1. The summed E-state index contributed by atoms with van der Waals surface area (Å²) in [5.74, 6) is 1.41. The number of aromatic nitrogens is 3. The second-order valence-electron chi connectivity index (χ2n) is 8.31. The quantitative estimate of drug-likeness (QED) is 0.512. The Kier molecular flexibility index (Phi) is 6.88. The molecule has 0 aliphatic carbocycles. The lowest BCUT2D eigenvalue weighted by Crippen LogP contribution is -2.35. The molecule has 0 spiro atoms. The Bertz CT molecular complexity index is 1060. The smallest absolute Gasteiger partial charge is 0.225 e. The van der Waals surface area contributed by atoms with Gasteiger partial charge in [0, 0.05) is 16.2 Å². The second kappa shape index (κ2) is 9.23. The molecule has 1 aromatic heterocycles. The van der Waals surface area contributed by atoms with Gasteiger partial charge < -0.3 is 5.32 Å². The van der Waals surface area contributed by atoms with Crippen LogP contribution in [0.2, 0.25) is 5.02 Å². The normalized spacial score (nSPS) is 11.5. The van der Waals surface area contributed by atoms with Crippen molar-refractivity contribution in [1.82, 2.24) is 20.1 Å². The summed E-state index contributed by atoms with van der Waals surface area (Å²) in [5.41, 5.74) is 3.99. The molecule has 1 amide bonds. The predicted molar refractivity (Wildman–Crippen MR) is 123 cm³/mol. The summed E-state index contributed by atoms with van der Waals surface area (Å²) >= 11 is 7.91. The fourth-order valence-corrected chi connectivity index (χ4v) is 4.12. The van der Waals surface area contributed by atoms with Crippen molar-refractivity contribution in [2.75, 3.05) is 0 Å². The molecule has 2 aromatic carbocycles. The van der Waals surface area contributed by atoms with Crippen molar-refractivity contribution < 1.29 is 4.79 Å². The number of nitrogens with one attached hydrogen (secondary N) is 1. The lowest BCUT2D eigenvalue weighted by atomic mass is 9.96. The van der Waals surface area contributed by atoms with Crippen LogP contribution in [0.5, 0.6) is 0 Å². The number of hydrogen-bond donors (Lipinski definition) is 1. The average molecular weight is 443 g/mol. The molecule has 0 saturated carbocycles. The van der Waals surface area contributed by atoms with Crippen molar-refractivity contribution in [1.29, 1.82) is 0 Å². The highest BCUT2D eigenvalue weighted by atomic mass is 35.5. The van der Waals surface area contributed by atoms with Gasteiger partial charge in [-0.05, 0) is 42.7 Å². The van der Waals surface area contributed by atoms with E-state index in [0.29, 0.717) is 17.4 Å². The van der Waals surface area contributed by atoms with E-state index in [-0.39, 0.29) is 5.91 Å². The van der Waals surface area contributed by atoms with Gasteiger partial charge in [0.1, 0.15) is 0 Å². The van der Waals surface area contributed by atoms with Crippen LogP contribution < -0.4 is 5.32 Å². The highest BCUT2D eigenvalue weighted by Gasteiger charge is 2.23. The number of thioether (sulfide) groups is 1. The number of benzene rings is 2. The maximum absolute atomic E-state index is 12.4. The van der Waals surface area contributed by atoms with Crippen molar-refractivity contribution >= 4 is 29.3 Å². The molecular weight excluding hydrogens is 416 g/mol. The van der Waals surface area contributed by atoms with E-state index in [4.69, 9.17) is 11.6 Å². The van der Waals surface area contributed by atoms with Crippen molar-refractivity contribution in [2.24, 2.45) is 5.41 Å². The van der Waals surface area contributed by atoms with Crippen molar-refractivity contribution in [3.63, 3.8) is 0 Å². The van der Waals surface area contributed by atoms with Crippen LogP contribution in [0.4, 0.5) is 0 Å². The highest BCUT2D eigenvalue weighted by Crippen LogP contribution is 2.29. The summed E-state index contributed by atoms with van der Waals surface area (Å²) in [5, 5.41) is 13.2. The minimum absolute atomic E-state index is 0.0334. The molecule has 0 radical (unpaired) electrons. The van der Waals surface area contributed by atoms with Crippen LogP contribution in [0, 0.1) is 19.3 Å². The summed E-state index contributed by atoms with van der Waals surface area (Å²) in [6.45, 7) is 10.1. The standard InChI is InChI=1S/C23H27ClN4OS/c1-15-8-6-7-9-17(15)14-30-22-27-26-20(13-25-21(29)23(3,4)5)28(22)19-12-18(24)11-10-16(19)2/h6-12H,13-14H2,1-5H3,(H,25,29). The Balaban J connectivity index is 1.94. The average Bonchev–Trinajstić information content (AvgIpc) is 3.09. The third-order valence-electron chi connectivity index (χ3n) is 4.82. The maximum atomic E-state index is 12.4. The number of hydrogen-bond acceptors (Lipinski definition) is 4. The third kappa shape index (κ3) is 5.24. The molecule has 1 heterocycles. The van der Waals surface area contributed by atoms with E-state index in [0.717, 1.165) is 22.2 Å². The first-order valence-corrected chi connectivity index (χ1v) is 11.2. The van der Waals surface area contributed by atoms with Gasteiger partial charge in [0.25, 0.3) is 0 Å². The summed E-state index contributed by atoms with van der Waals surface area (Å²) in [4.78, 5) is 12.4. The summed E-state index contributed by atoms with van der Waals surface area (Å²) < 4.78 is 1.99. The third-order valence-corrected chi connectivity index (χ3v) is 6.03. The monoisotopic (exact) mass is 442 g/mol. The van der Waals surface area contributed by atoms with Gasteiger partial charge in [0.2, 0.25) is 5.91 Å². The van der Waals surface area contributed by atoms with Crippen LogP contribution in [0.3, 0.4) is 0 Å². The zero-order valence-corrected chi connectivity index (χ0v) is 19.6. The van der Waals surface area contributed by atoms with Crippen LogP contribution in [-0.2, 0) is 17.1 Å². The first-order valence-electron chi connectivity index (χ1n) is 9.83. The van der Waals surface area contributed by atoms with Crippen molar-refractivity contribution in [3.05, 3.63) is 70.0 Å². The Morgan fingerprint density at radius 3 is 2.53 bits per heavy atom. The van der Waals surface area contributed by atoms with Gasteiger partial charge in [-0.15, -0.1) is 10.2 Å². The Morgan fingerprint density at radius 1 is 1.10 bits per heavy atom. The number of rotatable bonds is 6. The molecule has 3 rings (SSSR count). The van der Waals surface area contributed by atoms with Gasteiger partial charge in [-0.25, -0.2) is 0 Å². The Labute approximate surface area is 187 Å². The van der Waals surface area contributed by atoms with Gasteiger partial charge in [-0.3, -0.25) is 9.36 Å². The fourth-order valence-electron chi connectivity index (χ4n) is 2.91. The number of aryl methyl sites for hydroxylation is 2. The van der Waals surface area contributed by atoms with E-state index >= 15 is 0 Å². The Hall–Kier alpha value is -2.31. The van der Waals surface area contributed by atoms with Crippen LogP contribution >= 0.6 is 23.4 Å². The van der Waals surface area contributed by atoms with E-state index in [1.54, 1.807) is 11.8 Å². The number of amides is 1. The molecule has 5 nitrogen and oxygen atoms in total. The number of halogens is 1. The number of carbonyl (C=O) groups is 1. The molecule has 30 heavy (non-hydrogen) atoms. The fraction of sp³-hybridized carbons (Fsp3) is 0.348. The van der Waals surface area contributed by atoms with Gasteiger partial charge in [-0.1, -0.05) is 74.5 Å². The highest BCUT2D eigenvalue weighted by molar-refractivity contribution is 7.98. The van der Waals surface area contributed by atoms with Gasteiger partial charge in [0.05, 0.1) is 12.2 Å². The van der Waals surface area contributed by atoms with E-state index in [1.807, 2.05) is 62.6 Å². The molecule has 0 aliphatic rings. The summed E-state index contributed by atoms with van der Waals surface area (Å²) in [6.07, 6.45) is 0. The summed E-state index contributed by atoms with van der Waals surface area (Å²) in [7, 11) is 0. The van der Waals surface area contributed by atoms with Crippen LogP contribution in [0.1, 0.15) is 43.3 Å². The largest absolute Gasteiger partial charge is 0.348 e. The van der Waals surface area contributed by atoms with Gasteiger partial charge in [-0.2, -0.15) is 0 Å². The van der Waals surface area contributed by atoms with E-state index in [9.17, 15) is 4.79 Å². The second-order valence-corrected chi connectivity index (χ2v) is 9.69. The number of nitrogens with zero attached hydrogens (tertiary/aromatic N) is 3. The van der Waals surface area contributed by atoms with Gasteiger partial charge >= 0.3 is 0 Å². The minimum atomic E-state index is -0.473. The lowest BCUT2D eigenvalue weighted by Gasteiger charge is -2.18. The maximum Gasteiger partial charge on any atom is 0.225 e. The lowest BCUT2D eigenvalue weighted by molar-refractivity contribution is -0.128. The molecule has 0 bridgehead atoms. The first kappa shape index (κ1) is 22.4. The Morgan fingerprint density at radius 2 is 1.83 bits per heavy atom. The van der Waals surface area contributed by atoms with Crippen molar-refractivity contribution in [3.8, 4) is 5.69 Å².